The molecule has 0 amide bonds. The number of anilines is 1. The molecule has 98 valence electrons. The molecule has 1 aliphatic rings. The first-order valence-corrected chi connectivity index (χ1v) is 7.02. The molecule has 0 aliphatic carbocycles. The lowest BCUT2D eigenvalue weighted by Crippen LogP contribution is -2.43. The number of aliphatic hydroxyl groups excluding tert-OH is 1. The highest BCUT2D eigenvalue weighted by molar-refractivity contribution is 9.10. The number of Topliss-reactive ketones (excluding diaryl/α,β-unsaturated/α-hetero) is 1. The topological polar surface area (TPSA) is 40.5 Å². The molecular formula is C14H18BrNO2. The molecule has 0 bridgehead atoms. The maximum atomic E-state index is 11.3. The highest BCUT2D eigenvalue weighted by Crippen LogP contribution is 2.31. The summed E-state index contributed by atoms with van der Waals surface area (Å²) in [4.78, 5) is 13.5. The van der Waals surface area contributed by atoms with Gasteiger partial charge in [0.2, 0.25) is 0 Å². The zero-order chi connectivity index (χ0) is 13.3. The van der Waals surface area contributed by atoms with Crippen LogP contribution in [-0.4, -0.2) is 30.1 Å². The number of ketones is 1. The highest BCUT2D eigenvalue weighted by atomic mass is 79.9. The monoisotopic (exact) mass is 311 g/mol. The number of carbonyl (C=O) groups is 1. The summed E-state index contributed by atoms with van der Waals surface area (Å²) in [5, 5.41) is 9.93. The van der Waals surface area contributed by atoms with Crippen LogP contribution in [0.25, 0.3) is 0 Å². The van der Waals surface area contributed by atoms with Crippen LogP contribution in [0.2, 0.25) is 0 Å². The third-order valence-electron chi connectivity index (χ3n) is 3.61. The summed E-state index contributed by atoms with van der Waals surface area (Å²) in [6, 6.07) is 5.64. The van der Waals surface area contributed by atoms with E-state index in [0.29, 0.717) is 18.0 Å². The third kappa shape index (κ3) is 2.75. The van der Waals surface area contributed by atoms with Crippen molar-refractivity contribution in [3.63, 3.8) is 0 Å². The maximum absolute atomic E-state index is 11.3. The Balaban J connectivity index is 2.21. The van der Waals surface area contributed by atoms with E-state index in [0.717, 1.165) is 23.1 Å². The van der Waals surface area contributed by atoms with E-state index >= 15 is 0 Å². The van der Waals surface area contributed by atoms with Crippen LogP contribution < -0.4 is 4.90 Å². The lowest BCUT2D eigenvalue weighted by atomic mass is 9.95. The molecule has 18 heavy (non-hydrogen) atoms. The van der Waals surface area contributed by atoms with E-state index in [1.807, 2.05) is 18.2 Å². The summed E-state index contributed by atoms with van der Waals surface area (Å²) in [7, 11) is 0. The van der Waals surface area contributed by atoms with E-state index in [1.54, 1.807) is 6.92 Å². The fourth-order valence-electron chi connectivity index (χ4n) is 2.25. The Labute approximate surface area is 116 Å². The summed E-state index contributed by atoms with van der Waals surface area (Å²) < 4.78 is 0.914. The Morgan fingerprint density at radius 3 is 2.78 bits per heavy atom. The fraction of sp³-hybridized carbons (Fsp3) is 0.500. The normalized spacial score (nSPS) is 24.1. The second-order valence-corrected chi connectivity index (χ2v) is 5.86. The van der Waals surface area contributed by atoms with Gasteiger partial charge in [-0.25, -0.2) is 0 Å². The van der Waals surface area contributed by atoms with Crippen molar-refractivity contribution in [1.29, 1.82) is 0 Å². The quantitative estimate of drug-likeness (QED) is 0.854. The van der Waals surface area contributed by atoms with Crippen LogP contribution in [0.15, 0.2) is 22.7 Å². The Kier molecular flexibility index (Phi) is 4.07. The number of hydrogen-bond acceptors (Lipinski definition) is 3. The van der Waals surface area contributed by atoms with Gasteiger partial charge in [0.05, 0.1) is 11.8 Å². The number of carbonyl (C=O) groups excluding carboxylic acids is 1. The van der Waals surface area contributed by atoms with Crippen molar-refractivity contribution < 1.29 is 9.90 Å². The minimum absolute atomic E-state index is 0.0644. The van der Waals surface area contributed by atoms with Crippen molar-refractivity contribution in [2.45, 2.75) is 26.4 Å². The molecule has 0 radical (unpaired) electrons. The lowest BCUT2D eigenvalue weighted by molar-refractivity contribution is 0.101. The number of piperidine rings is 1. The molecule has 2 atom stereocenters. The number of nitrogens with zero attached hydrogens (tertiary/aromatic N) is 1. The summed E-state index contributed by atoms with van der Waals surface area (Å²) in [5.74, 6) is 0.422. The molecule has 0 saturated carbocycles. The molecule has 3 nitrogen and oxygen atoms in total. The standard InChI is InChI=1S/C14H18BrNO2/c1-9-5-6-16(8-14(9)18)13-4-3-11(10(2)17)7-12(13)15/h3-4,7,9,14,18H,5-6,8H2,1-2H3. The van der Waals surface area contributed by atoms with Gasteiger partial charge in [-0.3, -0.25) is 4.79 Å². The van der Waals surface area contributed by atoms with Gasteiger partial charge in [0, 0.05) is 23.1 Å². The van der Waals surface area contributed by atoms with Crippen LogP contribution >= 0.6 is 15.9 Å². The molecule has 2 rings (SSSR count). The Hall–Kier alpha value is -0.870. The molecule has 1 saturated heterocycles. The SMILES string of the molecule is CC(=O)c1ccc(N2CCC(C)C(O)C2)c(Br)c1. The average Bonchev–Trinajstić information content (AvgIpc) is 2.32. The van der Waals surface area contributed by atoms with Crippen molar-refractivity contribution in [3.8, 4) is 0 Å². The minimum atomic E-state index is -0.280. The van der Waals surface area contributed by atoms with Crippen molar-refractivity contribution in [2.24, 2.45) is 5.92 Å². The number of β-amino-alcohol motifs (C(OH)–C–C–N with tert-alkyl or cyclic N) is 1. The van der Waals surface area contributed by atoms with Gasteiger partial charge >= 0.3 is 0 Å². The van der Waals surface area contributed by atoms with Gasteiger partial charge in [-0.15, -0.1) is 0 Å². The maximum Gasteiger partial charge on any atom is 0.159 e. The first-order chi connectivity index (χ1) is 8.49. The number of aliphatic hydroxyl groups is 1. The third-order valence-corrected chi connectivity index (χ3v) is 4.25. The van der Waals surface area contributed by atoms with Gasteiger partial charge < -0.3 is 10.0 Å². The van der Waals surface area contributed by atoms with Crippen molar-refractivity contribution >= 4 is 27.4 Å². The van der Waals surface area contributed by atoms with Crippen molar-refractivity contribution in [1.82, 2.24) is 0 Å². The molecule has 1 aliphatic heterocycles. The van der Waals surface area contributed by atoms with Gasteiger partial charge in [-0.2, -0.15) is 0 Å². The highest BCUT2D eigenvalue weighted by Gasteiger charge is 2.25. The molecule has 1 heterocycles. The van der Waals surface area contributed by atoms with Gasteiger partial charge in [-0.05, 0) is 53.4 Å². The van der Waals surface area contributed by atoms with Crippen molar-refractivity contribution in [3.05, 3.63) is 28.2 Å². The van der Waals surface area contributed by atoms with E-state index in [-0.39, 0.29) is 11.9 Å². The fourth-order valence-corrected chi connectivity index (χ4v) is 2.88. The predicted octanol–water partition coefficient (Wildman–Crippen LogP) is 2.86. The number of rotatable bonds is 2. The summed E-state index contributed by atoms with van der Waals surface area (Å²) >= 11 is 3.51. The molecule has 1 fully saturated rings. The van der Waals surface area contributed by atoms with E-state index in [9.17, 15) is 9.90 Å². The molecule has 4 heteroatoms. The number of benzene rings is 1. The van der Waals surface area contributed by atoms with E-state index in [1.165, 1.54) is 0 Å². The lowest BCUT2D eigenvalue weighted by Gasteiger charge is -2.36. The second-order valence-electron chi connectivity index (χ2n) is 5.00. The van der Waals surface area contributed by atoms with Gasteiger partial charge in [0.15, 0.2) is 5.78 Å². The first kappa shape index (κ1) is 13.6. The predicted molar refractivity (Wildman–Crippen MR) is 76.1 cm³/mol. The average molecular weight is 312 g/mol. The smallest absolute Gasteiger partial charge is 0.159 e. The number of hydrogen-bond donors (Lipinski definition) is 1. The molecule has 1 N–H and O–H groups in total. The number of halogens is 1. The van der Waals surface area contributed by atoms with Gasteiger partial charge in [-0.1, -0.05) is 6.92 Å². The van der Waals surface area contributed by atoms with Crippen molar-refractivity contribution in [2.75, 3.05) is 18.0 Å². The largest absolute Gasteiger partial charge is 0.391 e. The van der Waals surface area contributed by atoms with E-state index < -0.39 is 0 Å². The Morgan fingerprint density at radius 1 is 1.50 bits per heavy atom. The zero-order valence-corrected chi connectivity index (χ0v) is 12.3. The summed E-state index contributed by atoms with van der Waals surface area (Å²) in [6.07, 6.45) is 0.709. The molecular weight excluding hydrogens is 294 g/mol. The molecule has 1 aromatic rings. The van der Waals surface area contributed by atoms with Crippen LogP contribution in [0.5, 0.6) is 0 Å². The minimum Gasteiger partial charge on any atom is -0.391 e. The molecule has 2 unspecified atom stereocenters. The van der Waals surface area contributed by atoms with Crippen LogP contribution in [0, 0.1) is 5.92 Å². The van der Waals surface area contributed by atoms with E-state index in [4.69, 9.17) is 0 Å². The molecule has 1 aromatic carbocycles. The first-order valence-electron chi connectivity index (χ1n) is 6.22. The Morgan fingerprint density at radius 2 is 2.22 bits per heavy atom. The van der Waals surface area contributed by atoms with Gasteiger partial charge in [0.25, 0.3) is 0 Å². The molecule has 0 aromatic heterocycles. The van der Waals surface area contributed by atoms with E-state index in [2.05, 4.69) is 27.8 Å². The summed E-state index contributed by atoms with van der Waals surface area (Å²) in [6.45, 7) is 5.24. The zero-order valence-electron chi connectivity index (χ0n) is 10.7. The van der Waals surface area contributed by atoms with Gasteiger partial charge in [0.1, 0.15) is 0 Å². The van der Waals surface area contributed by atoms with Crippen LogP contribution in [0.1, 0.15) is 30.6 Å². The Bertz CT molecular complexity index is 461. The van der Waals surface area contributed by atoms with Crippen LogP contribution in [-0.2, 0) is 0 Å². The van der Waals surface area contributed by atoms with Crippen LogP contribution in [0.4, 0.5) is 5.69 Å². The van der Waals surface area contributed by atoms with Crippen LogP contribution in [0.3, 0.4) is 0 Å². The molecule has 0 spiro atoms. The summed E-state index contributed by atoms with van der Waals surface area (Å²) in [5.41, 5.74) is 1.75. The second kappa shape index (κ2) is 5.41.